The standard InChI is InChI=1S/C15H14N2OS/c1-11-6-7-19-14(11)10-17(2)15(18)13-5-3-4-12(8-13)9-16/h3-8H,10H2,1-2H3. The molecular weight excluding hydrogens is 256 g/mol. The third kappa shape index (κ3) is 3.01. The van der Waals surface area contributed by atoms with Gasteiger partial charge in [0.25, 0.3) is 5.91 Å². The van der Waals surface area contributed by atoms with Gasteiger partial charge >= 0.3 is 0 Å². The number of carbonyl (C=O) groups excluding carboxylic acids is 1. The summed E-state index contributed by atoms with van der Waals surface area (Å²) in [5.74, 6) is -0.0649. The average molecular weight is 270 g/mol. The molecule has 0 radical (unpaired) electrons. The van der Waals surface area contributed by atoms with Crippen LogP contribution in [0, 0.1) is 18.3 Å². The van der Waals surface area contributed by atoms with Crippen LogP contribution in [0.25, 0.3) is 0 Å². The molecule has 0 atom stereocenters. The van der Waals surface area contributed by atoms with E-state index in [4.69, 9.17) is 5.26 Å². The highest BCUT2D eigenvalue weighted by Crippen LogP contribution is 2.18. The van der Waals surface area contributed by atoms with Gasteiger partial charge in [0, 0.05) is 17.5 Å². The normalized spacial score (nSPS) is 9.95. The Morgan fingerprint density at radius 1 is 1.42 bits per heavy atom. The maximum absolute atomic E-state index is 12.3. The minimum absolute atomic E-state index is 0.0649. The fraction of sp³-hybridized carbons (Fsp3) is 0.200. The van der Waals surface area contributed by atoms with Gasteiger partial charge in [-0.15, -0.1) is 11.3 Å². The van der Waals surface area contributed by atoms with Crippen LogP contribution in [0.3, 0.4) is 0 Å². The number of benzene rings is 1. The van der Waals surface area contributed by atoms with E-state index in [0.717, 1.165) is 0 Å². The van der Waals surface area contributed by atoms with Crippen molar-refractivity contribution in [3.63, 3.8) is 0 Å². The second-order valence-electron chi connectivity index (χ2n) is 4.38. The number of nitriles is 1. The highest BCUT2D eigenvalue weighted by molar-refractivity contribution is 7.10. The minimum Gasteiger partial charge on any atom is -0.337 e. The van der Waals surface area contributed by atoms with Crippen LogP contribution in [0.4, 0.5) is 0 Å². The van der Waals surface area contributed by atoms with Crippen LogP contribution < -0.4 is 0 Å². The quantitative estimate of drug-likeness (QED) is 0.859. The number of hydrogen-bond acceptors (Lipinski definition) is 3. The number of nitrogens with zero attached hydrogens (tertiary/aromatic N) is 2. The zero-order valence-corrected chi connectivity index (χ0v) is 11.7. The molecule has 0 saturated carbocycles. The Balaban J connectivity index is 2.15. The van der Waals surface area contributed by atoms with E-state index in [1.54, 1.807) is 47.5 Å². The van der Waals surface area contributed by atoms with Gasteiger partial charge in [-0.25, -0.2) is 0 Å². The first-order valence-electron chi connectivity index (χ1n) is 5.90. The van der Waals surface area contributed by atoms with Crippen molar-refractivity contribution >= 4 is 17.2 Å². The molecule has 3 nitrogen and oxygen atoms in total. The predicted molar refractivity (Wildman–Crippen MR) is 76.0 cm³/mol. The van der Waals surface area contributed by atoms with Crippen molar-refractivity contribution < 1.29 is 4.79 Å². The van der Waals surface area contributed by atoms with Gasteiger partial charge in [-0.05, 0) is 42.1 Å². The van der Waals surface area contributed by atoms with Crippen LogP contribution in [-0.2, 0) is 6.54 Å². The molecule has 1 aromatic heterocycles. The van der Waals surface area contributed by atoms with Gasteiger partial charge in [-0.2, -0.15) is 5.26 Å². The van der Waals surface area contributed by atoms with Crippen LogP contribution in [0.15, 0.2) is 35.7 Å². The van der Waals surface area contributed by atoms with Gasteiger partial charge < -0.3 is 4.90 Å². The molecule has 2 aromatic rings. The second kappa shape index (κ2) is 5.68. The number of aryl methyl sites for hydroxylation is 1. The maximum Gasteiger partial charge on any atom is 0.253 e. The van der Waals surface area contributed by atoms with Crippen molar-refractivity contribution in [2.45, 2.75) is 13.5 Å². The number of thiophene rings is 1. The summed E-state index contributed by atoms with van der Waals surface area (Å²) in [6, 6.07) is 10.9. The van der Waals surface area contributed by atoms with Crippen molar-refractivity contribution in [3.8, 4) is 6.07 Å². The second-order valence-corrected chi connectivity index (χ2v) is 5.38. The molecule has 0 aliphatic carbocycles. The summed E-state index contributed by atoms with van der Waals surface area (Å²) in [6.07, 6.45) is 0. The van der Waals surface area contributed by atoms with Crippen molar-refractivity contribution in [1.29, 1.82) is 5.26 Å². The molecule has 2 rings (SSSR count). The third-order valence-corrected chi connectivity index (χ3v) is 3.94. The number of carbonyl (C=O) groups is 1. The van der Waals surface area contributed by atoms with E-state index in [9.17, 15) is 4.79 Å². The van der Waals surface area contributed by atoms with Crippen molar-refractivity contribution in [1.82, 2.24) is 4.90 Å². The van der Waals surface area contributed by atoms with Crippen molar-refractivity contribution in [3.05, 3.63) is 57.3 Å². The van der Waals surface area contributed by atoms with E-state index < -0.39 is 0 Å². The van der Waals surface area contributed by atoms with Gasteiger partial charge in [0.15, 0.2) is 0 Å². The summed E-state index contributed by atoms with van der Waals surface area (Å²) < 4.78 is 0. The average Bonchev–Trinajstić information content (AvgIpc) is 2.83. The van der Waals surface area contributed by atoms with Gasteiger partial charge in [0.2, 0.25) is 0 Å². The molecule has 0 N–H and O–H groups in total. The van der Waals surface area contributed by atoms with E-state index in [-0.39, 0.29) is 5.91 Å². The lowest BCUT2D eigenvalue weighted by atomic mass is 10.1. The SMILES string of the molecule is Cc1ccsc1CN(C)C(=O)c1cccc(C#N)c1. The molecule has 1 amide bonds. The van der Waals surface area contributed by atoms with Crippen LogP contribution in [-0.4, -0.2) is 17.9 Å². The molecule has 0 aliphatic rings. The number of rotatable bonds is 3. The summed E-state index contributed by atoms with van der Waals surface area (Å²) in [5, 5.41) is 10.9. The largest absolute Gasteiger partial charge is 0.337 e. The number of amides is 1. The molecule has 0 aliphatic heterocycles. The summed E-state index contributed by atoms with van der Waals surface area (Å²) >= 11 is 1.65. The Labute approximate surface area is 116 Å². The maximum atomic E-state index is 12.3. The van der Waals surface area contributed by atoms with E-state index in [0.29, 0.717) is 17.7 Å². The fourth-order valence-corrected chi connectivity index (χ4v) is 2.75. The van der Waals surface area contributed by atoms with E-state index in [2.05, 4.69) is 6.07 Å². The number of hydrogen-bond donors (Lipinski definition) is 0. The predicted octanol–water partition coefficient (Wildman–Crippen LogP) is 3.20. The van der Waals surface area contributed by atoms with Gasteiger partial charge in [-0.3, -0.25) is 4.79 Å². The molecule has 0 fully saturated rings. The van der Waals surface area contributed by atoms with Crippen LogP contribution in [0.2, 0.25) is 0 Å². The highest BCUT2D eigenvalue weighted by Gasteiger charge is 2.13. The molecule has 0 unspecified atom stereocenters. The summed E-state index contributed by atoms with van der Waals surface area (Å²) in [4.78, 5) is 15.1. The zero-order chi connectivity index (χ0) is 13.8. The summed E-state index contributed by atoms with van der Waals surface area (Å²) in [5.41, 5.74) is 2.26. The fourth-order valence-electron chi connectivity index (χ4n) is 1.80. The molecule has 1 aromatic carbocycles. The zero-order valence-electron chi connectivity index (χ0n) is 10.9. The van der Waals surface area contributed by atoms with Crippen molar-refractivity contribution in [2.24, 2.45) is 0 Å². The van der Waals surface area contributed by atoms with Crippen LogP contribution in [0.5, 0.6) is 0 Å². The Morgan fingerprint density at radius 3 is 2.84 bits per heavy atom. The first-order chi connectivity index (χ1) is 9.11. The Hall–Kier alpha value is -2.12. The van der Waals surface area contributed by atoms with Crippen LogP contribution in [0.1, 0.15) is 26.4 Å². The molecule has 1 heterocycles. The molecule has 0 bridgehead atoms. The van der Waals surface area contributed by atoms with Gasteiger partial charge in [0.1, 0.15) is 0 Å². The lowest BCUT2D eigenvalue weighted by Crippen LogP contribution is -2.26. The van der Waals surface area contributed by atoms with Crippen LogP contribution >= 0.6 is 11.3 Å². The molecule has 0 spiro atoms. The Bertz CT molecular complexity index is 640. The van der Waals surface area contributed by atoms with E-state index in [1.165, 1.54) is 10.4 Å². The summed E-state index contributed by atoms with van der Waals surface area (Å²) in [6.45, 7) is 2.64. The monoisotopic (exact) mass is 270 g/mol. The lowest BCUT2D eigenvalue weighted by Gasteiger charge is -2.17. The highest BCUT2D eigenvalue weighted by atomic mass is 32.1. The Kier molecular flexibility index (Phi) is 3.98. The van der Waals surface area contributed by atoms with E-state index >= 15 is 0 Å². The molecule has 0 saturated heterocycles. The first-order valence-corrected chi connectivity index (χ1v) is 6.78. The smallest absolute Gasteiger partial charge is 0.253 e. The lowest BCUT2D eigenvalue weighted by molar-refractivity contribution is 0.0786. The molecule has 4 heteroatoms. The molecule has 96 valence electrons. The Morgan fingerprint density at radius 2 is 2.21 bits per heavy atom. The topological polar surface area (TPSA) is 44.1 Å². The van der Waals surface area contributed by atoms with Gasteiger partial charge in [0.05, 0.1) is 18.2 Å². The third-order valence-electron chi connectivity index (χ3n) is 2.93. The van der Waals surface area contributed by atoms with Gasteiger partial charge in [-0.1, -0.05) is 6.07 Å². The summed E-state index contributed by atoms with van der Waals surface area (Å²) in [7, 11) is 1.78. The molecular formula is C15H14N2OS. The van der Waals surface area contributed by atoms with E-state index in [1.807, 2.05) is 18.4 Å². The van der Waals surface area contributed by atoms with Crippen molar-refractivity contribution in [2.75, 3.05) is 7.05 Å². The first kappa shape index (κ1) is 13.3. The minimum atomic E-state index is -0.0649. The molecule has 19 heavy (non-hydrogen) atoms.